The fraction of sp³-hybridized carbons (Fsp3) is 0.444. The highest BCUT2D eigenvalue weighted by atomic mass is 28.3. The van der Waals surface area contributed by atoms with Crippen LogP contribution in [0.25, 0.3) is 0 Å². The Morgan fingerprint density at radius 1 is 0.564 bits per heavy atom. The highest BCUT2D eigenvalue weighted by Crippen LogP contribution is 2.53. The first-order valence-electron chi connectivity index (χ1n) is 15.4. The summed E-state index contributed by atoms with van der Waals surface area (Å²) in [6.07, 6.45) is 10.9. The first-order valence-corrected chi connectivity index (χ1v) is 24.0. The van der Waals surface area contributed by atoms with Crippen LogP contribution in [-0.2, 0) is 0 Å². The van der Waals surface area contributed by atoms with Crippen LogP contribution in [0.5, 0.6) is 0 Å². The van der Waals surface area contributed by atoms with Gasteiger partial charge in [0.25, 0.3) is 0 Å². The number of allylic oxidation sites excluding steroid dienone is 8. The number of benzene rings is 2. The van der Waals surface area contributed by atoms with Gasteiger partial charge in [-0.25, -0.2) is 0 Å². The van der Waals surface area contributed by atoms with Crippen LogP contribution >= 0.6 is 0 Å². The molecule has 3 heteroatoms. The summed E-state index contributed by atoms with van der Waals surface area (Å²) in [4.78, 5) is 0. The van der Waals surface area contributed by atoms with Crippen LogP contribution in [0.3, 0.4) is 0 Å². The van der Waals surface area contributed by atoms with Gasteiger partial charge in [0, 0.05) is 0 Å². The molecule has 4 atom stereocenters. The molecule has 4 unspecified atom stereocenters. The maximum atomic E-state index is 2.79. The van der Waals surface area contributed by atoms with Gasteiger partial charge in [0.1, 0.15) is 16.1 Å². The molecule has 0 radical (unpaired) electrons. The van der Waals surface area contributed by atoms with E-state index in [9.17, 15) is 0 Å². The van der Waals surface area contributed by atoms with Crippen molar-refractivity contribution in [1.82, 2.24) is 0 Å². The molecular formula is C36H52Si3. The molecule has 0 heterocycles. The Bertz CT molecular complexity index is 1180. The van der Waals surface area contributed by atoms with E-state index in [1.165, 1.54) is 12.1 Å². The van der Waals surface area contributed by atoms with E-state index in [4.69, 9.17) is 0 Å². The fourth-order valence-electron chi connectivity index (χ4n) is 7.17. The van der Waals surface area contributed by atoms with Gasteiger partial charge in [-0.1, -0.05) is 197 Å². The third-order valence-electron chi connectivity index (χ3n) is 10.5. The van der Waals surface area contributed by atoms with Gasteiger partial charge < -0.3 is 0 Å². The molecule has 0 aliphatic heterocycles. The molecule has 2 aliphatic carbocycles. The van der Waals surface area contributed by atoms with Crippen LogP contribution < -0.4 is 10.4 Å². The minimum atomic E-state index is -1.80. The lowest BCUT2D eigenvalue weighted by atomic mass is 10.0. The highest BCUT2D eigenvalue weighted by Gasteiger charge is 2.48. The second-order valence-electron chi connectivity index (χ2n) is 13.7. The van der Waals surface area contributed by atoms with E-state index < -0.39 is 24.2 Å². The van der Waals surface area contributed by atoms with Gasteiger partial charge in [-0.2, -0.15) is 0 Å². The van der Waals surface area contributed by atoms with Crippen molar-refractivity contribution in [3.05, 3.63) is 107 Å². The van der Waals surface area contributed by atoms with Gasteiger partial charge in [-0.15, -0.1) is 0 Å². The first kappa shape index (κ1) is 30.0. The van der Waals surface area contributed by atoms with Crippen molar-refractivity contribution in [2.24, 2.45) is 11.8 Å². The predicted octanol–water partition coefficient (Wildman–Crippen LogP) is 9.57. The van der Waals surface area contributed by atoms with Crippen LogP contribution in [0.4, 0.5) is 0 Å². The minimum Gasteiger partial charge on any atom is -0.0803 e. The van der Waals surface area contributed by atoms with Crippen LogP contribution in [-0.4, -0.2) is 24.2 Å². The van der Waals surface area contributed by atoms with E-state index in [0.29, 0.717) is 22.9 Å². The second-order valence-corrected chi connectivity index (χ2v) is 27.7. The second kappa shape index (κ2) is 11.5. The van der Waals surface area contributed by atoms with Crippen molar-refractivity contribution in [2.45, 2.75) is 90.9 Å². The molecule has 2 aromatic rings. The number of hydrogen-bond donors (Lipinski definition) is 0. The van der Waals surface area contributed by atoms with Gasteiger partial charge in [0.05, 0.1) is 8.07 Å². The molecule has 0 nitrogen and oxygen atoms in total. The maximum Gasteiger partial charge on any atom is 0.114 e. The molecule has 0 aromatic heterocycles. The average Bonchev–Trinajstić information content (AvgIpc) is 3.61. The van der Waals surface area contributed by atoms with Crippen LogP contribution in [0.15, 0.2) is 107 Å². The smallest absolute Gasteiger partial charge is 0.0803 e. The third-order valence-corrected chi connectivity index (χ3v) is 23.9. The third kappa shape index (κ3) is 5.39. The number of rotatable bonds is 10. The quantitative estimate of drug-likeness (QED) is 0.250. The SMILES string of the molecule is CC[Si](C)(C1=CC([Si](C)(C)C2C=C([Si](C)(CC)c3ccccc3)C=C2C(C)C)C(C(C)C)=C1)c1ccccc1. The van der Waals surface area contributed by atoms with E-state index in [1.807, 2.05) is 0 Å². The Hall–Kier alpha value is -1.95. The molecule has 0 spiro atoms. The van der Waals surface area contributed by atoms with Crippen LogP contribution in [0.2, 0.25) is 49.4 Å². The summed E-state index contributed by atoms with van der Waals surface area (Å²) in [6, 6.07) is 25.3. The van der Waals surface area contributed by atoms with E-state index >= 15 is 0 Å². The largest absolute Gasteiger partial charge is 0.114 e. The van der Waals surface area contributed by atoms with Crippen molar-refractivity contribution in [3.63, 3.8) is 0 Å². The van der Waals surface area contributed by atoms with Gasteiger partial charge in [-0.3, -0.25) is 0 Å². The molecule has 2 aliphatic rings. The summed E-state index contributed by atoms with van der Waals surface area (Å²) in [5, 5.41) is 6.52. The molecule has 0 saturated heterocycles. The molecule has 0 N–H and O–H groups in total. The van der Waals surface area contributed by atoms with Crippen molar-refractivity contribution in [2.75, 3.05) is 0 Å². The molecular weight excluding hydrogens is 517 g/mol. The molecule has 0 amide bonds. The van der Waals surface area contributed by atoms with E-state index in [1.54, 1.807) is 31.9 Å². The average molecular weight is 569 g/mol. The lowest BCUT2D eigenvalue weighted by Gasteiger charge is -2.39. The first-order chi connectivity index (χ1) is 18.4. The summed E-state index contributed by atoms with van der Waals surface area (Å²) >= 11 is 0. The molecule has 0 fully saturated rings. The summed E-state index contributed by atoms with van der Waals surface area (Å²) in [5.74, 6) is 1.16. The van der Waals surface area contributed by atoms with E-state index in [-0.39, 0.29) is 0 Å². The Morgan fingerprint density at radius 2 is 0.897 bits per heavy atom. The van der Waals surface area contributed by atoms with Crippen LogP contribution in [0.1, 0.15) is 41.5 Å². The lowest BCUT2D eigenvalue weighted by molar-refractivity contribution is 0.725. The standard InChI is InChI=1S/C36H52Si3/c1-11-38(9,29-19-15-13-16-20-29)31-23-33(27(3)4)35(25-31)37(7,8)36-26-32(24-34(36)28(5)6)39(10,12-2)30-21-17-14-18-22-30/h13-28,35-36H,11-12H2,1-10H3. The zero-order valence-electron chi connectivity index (χ0n) is 26.3. The minimum absolute atomic E-state index is 0.581. The zero-order valence-corrected chi connectivity index (χ0v) is 29.3. The molecule has 4 rings (SSSR count). The van der Waals surface area contributed by atoms with Crippen LogP contribution in [0, 0.1) is 11.8 Å². The Labute approximate surface area is 243 Å². The van der Waals surface area contributed by atoms with Gasteiger partial charge in [0.2, 0.25) is 0 Å². The van der Waals surface area contributed by atoms with Crippen molar-refractivity contribution < 1.29 is 0 Å². The van der Waals surface area contributed by atoms with Gasteiger partial charge in [0.15, 0.2) is 0 Å². The number of hydrogen-bond acceptors (Lipinski definition) is 0. The van der Waals surface area contributed by atoms with E-state index in [0.717, 1.165) is 0 Å². The summed E-state index contributed by atoms with van der Waals surface area (Å²) < 4.78 is 0. The van der Waals surface area contributed by atoms with Crippen molar-refractivity contribution in [3.8, 4) is 0 Å². The lowest BCUT2D eigenvalue weighted by Crippen LogP contribution is -2.46. The molecule has 0 bridgehead atoms. The van der Waals surface area contributed by atoms with Crippen molar-refractivity contribution in [1.29, 1.82) is 0 Å². The Kier molecular flexibility index (Phi) is 8.85. The predicted molar refractivity (Wildman–Crippen MR) is 183 cm³/mol. The normalized spacial score (nSPS) is 22.8. The summed E-state index contributed by atoms with van der Waals surface area (Å²) in [7, 11) is -5.33. The topological polar surface area (TPSA) is 0 Å². The zero-order chi connectivity index (χ0) is 28.6. The Morgan fingerprint density at radius 3 is 1.18 bits per heavy atom. The monoisotopic (exact) mass is 568 g/mol. The molecule has 208 valence electrons. The van der Waals surface area contributed by atoms with E-state index in [2.05, 4.69) is 153 Å². The molecule has 39 heavy (non-hydrogen) atoms. The summed E-state index contributed by atoms with van der Waals surface area (Å²) in [5.41, 5.74) is 4.61. The Balaban J connectivity index is 1.81. The maximum absolute atomic E-state index is 2.79. The summed E-state index contributed by atoms with van der Waals surface area (Å²) in [6.45, 7) is 25.2. The molecule has 0 saturated carbocycles. The highest BCUT2D eigenvalue weighted by molar-refractivity contribution is 6.98. The van der Waals surface area contributed by atoms with Gasteiger partial charge >= 0.3 is 0 Å². The molecule has 2 aromatic carbocycles. The van der Waals surface area contributed by atoms with Crippen molar-refractivity contribution >= 4 is 34.6 Å². The van der Waals surface area contributed by atoms with Gasteiger partial charge in [-0.05, 0) is 22.9 Å². The fourth-order valence-corrected chi connectivity index (χ4v) is 17.9.